The number of methoxy groups -OCH3 is 1. The molecule has 0 aromatic heterocycles. The van der Waals surface area contributed by atoms with Gasteiger partial charge in [0.25, 0.3) is 0 Å². The molecule has 2 rings (SSSR count). The minimum absolute atomic E-state index is 0.270. The van der Waals surface area contributed by atoms with Crippen molar-refractivity contribution in [2.75, 3.05) is 7.11 Å². The lowest BCUT2D eigenvalue weighted by Gasteiger charge is -1.95. The van der Waals surface area contributed by atoms with Gasteiger partial charge < -0.3 is 4.74 Å². The van der Waals surface area contributed by atoms with Crippen LogP contribution in [-0.4, -0.2) is 18.3 Å². The van der Waals surface area contributed by atoms with E-state index in [9.17, 15) is 4.79 Å². The largest absolute Gasteiger partial charge is 0.451 e. The molecule has 1 aliphatic rings. The van der Waals surface area contributed by atoms with Crippen LogP contribution in [0.2, 0.25) is 0 Å². The maximum atomic E-state index is 10.9. The summed E-state index contributed by atoms with van der Waals surface area (Å²) in [6.45, 7) is 0. The minimum atomic E-state index is -0.464. The zero-order chi connectivity index (χ0) is 9.26. The molecule has 1 fully saturated rings. The Hall–Kier alpha value is -1.55. The van der Waals surface area contributed by atoms with E-state index in [1.54, 1.807) is 0 Å². The number of carbonyl (C=O) groups excluding carboxylic acids is 1. The summed E-state index contributed by atoms with van der Waals surface area (Å²) in [6.07, 6.45) is -0.734. The van der Waals surface area contributed by atoms with Crippen molar-refractivity contribution in [1.82, 2.24) is 5.06 Å². The van der Waals surface area contributed by atoms with Gasteiger partial charge in [-0.05, 0) is 0 Å². The summed E-state index contributed by atoms with van der Waals surface area (Å²) in [4.78, 5) is 16.0. The van der Waals surface area contributed by atoms with E-state index in [1.807, 2.05) is 30.3 Å². The maximum absolute atomic E-state index is 10.9. The van der Waals surface area contributed by atoms with E-state index < -0.39 is 6.09 Å². The third-order valence-electron chi connectivity index (χ3n) is 1.82. The second-order valence-electron chi connectivity index (χ2n) is 2.66. The number of hydrogen-bond acceptors (Lipinski definition) is 3. The zero-order valence-corrected chi connectivity index (χ0v) is 7.14. The van der Waals surface area contributed by atoms with Gasteiger partial charge in [-0.3, -0.25) is 0 Å². The molecular weight excluding hydrogens is 170 g/mol. The molecule has 0 spiro atoms. The molecule has 13 heavy (non-hydrogen) atoms. The van der Waals surface area contributed by atoms with E-state index >= 15 is 0 Å². The van der Waals surface area contributed by atoms with Gasteiger partial charge in [0.2, 0.25) is 6.23 Å². The van der Waals surface area contributed by atoms with Crippen LogP contribution in [0.3, 0.4) is 0 Å². The first kappa shape index (κ1) is 8.07. The Kier molecular flexibility index (Phi) is 1.90. The van der Waals surface area contributed by atoms with Crippen LogP contribution in [0.1, 0.15) is 11.8 Å². The Bertz CT molecular complexity index is 312. The number of hydrogen-bond donors (Lipinski definition) is 0. The highest BCUT2D eigenvalue weighted by atomic mass is 16.9. The normalized spacial score (nSPS) is 19.8. The van der Waals surface area contributed by atoms with E-state index in [0.29, 0.717) is 0 Å². The molecule has 0 aliphatic carbocycles. The Labute approximate surface area is 75.6 Å². The number of nitrogens with zero attached hydrogens (tertiary/aromatic N) is 1. The van der Waals surface area contributed by atoms with Crippen molar-refractivity contribution in [2.24, 2.45) is 0 Å². The van der Waals surface area contributed by atoms with Crippen molar-refractivity contribution < 1.29 is 14.4 Å². The van der Waals surface area contributed by atoms with Crippen LogP contribution in [-0.2, 0) is 9.57 Å². The standard InChI is InChI=1S/C9H9NO3/c1-12-9(11)10-8(13-10)7-5-3-2-4-6-7/h2-6,8H,1H3. The predicted octanol–water partition coefficient (Wildman–Crippen LogP) is 1.70. The van der Waals surface area contributed by atoms with Crippen LogP contribution in [0.25, 0.3) is 0 Å². The van der Waals surface area contributed by atoms with Crippen molar-refractivity contribution in [3.63, 3.8) is 0 Å². The number of benzene rings is 1. The topological polar surface area (TPSA) is 41.8 Å². The third-order valence-corrected chi connectivity index (χ3v) is 1.82. The van der Waals surface area contributed by atoms with Gasteiger partial charge >= 0.3 is 6.09 Å². The Morgan fingerprint density at radius 3 is 2.77 bits per heavy atom. The van der Waals surface area contributed by atoms with Gasteiger partial charge in [0.1, 0.15) is 0 Å². The number of hydroxylamine groups is 2. The lowest BCUT2D eigenvalue weighted by atomic mass is 10.2. The summed E-state index contributed by atoms with van der Waals surface area (Å²) >= 11 is 0. The Balaban J connectivity index is 2.04. The van der Waals surface area contributed by atoms with Gasteiger partial charge in [-0.2, -0.15) is 0 Å². The molecule has 1 aromatic rings. The van der Waals surface area contributed by atoms with Gasteiger partial charge in [0.15, 0.2) is 0 Å². The van der Waals surface area contributed by atoms with Gasteiger partial charge in [-0.1, -0.05) is 30.3 Å². The molecular formula is C9H9NO3. The summed E-state index contributed by atoms with van der Waals surface area (Å²) in [5, 5.41) is 1.19. The second kappa shape index (κ2) is 3.06. The predicted molar refractivity (Wildman–Crippen MR) is 44.5 cm³/mol. The molecule has 1 atom stereocenters. The SMILES string of the molecule is COC(=O)N1OC1c1ccccc1. The monoisotopic (exact) mass is 179 g/mol. The summed E-state index contributed by atoms with van der Waals surface area (Å²) in [5.41, 5.74) is 0.952. The number of ether oxygens (including phenoxy) is 1. The average molecular weight is 179 g/mol. The Morgan fingerprint density at radius 2 is 2.15 bits per heavy atom. The Morgan fingerprint density at radius 1 is 1.46 bits per heavy atom. The average Bonchev–Trinajstić information content (AvgIpc) is 2.98. The molecule has 1 aromatic carbocycles. The van der Waals surface area contributed by atoms with Crippen LogP contribution in [0.4, 0.5) is 4.79 Å². The van der Waals surface area contributed by atoms with Crippen LogP contribution in [0, 0.1) is 0 Å². The molecule has 1 saturated heterocycles. The molecule has 1 aliphatic heterocycles. The van der Waals surface area contributed by atoms with Crippen LogP contribution >= 0.6 is 0 Å². The first-order chi connectivity index (χ1) is 6.33. The molecule has 0 bridgehead atoms. The van der Waals surface area contributed by atoms with Gasteiger partial charge in [0.05, 0.1) is 7.11 Å². The highest BCUT2D eigenvalue weighted by molar-refractivity contribution is 5.68. The van der Waals surface area contributed by atoms with E-state index in [-0.39, 0.29) is 6.23 Å². The highest BCUT2D eigenvalue weighted by Gasteiger charge is 2.43. The quantitative estimate of drug-likeness (QED) is 0.616. The van der Waals surface area contributed by atoms with E-state index in [4.69, 9.17) is 4.84 Å². The lowest BCUT2D eigenvalue weighted by Crippen LogP contribution is -2.10. The summed E-state index contributed by atoms with van der Waals surface area (Å²) < 4.78 is 4.49. The number of amides is 1. The summed E-state index contributed by atoms with van der Waals surface area (Å²) in [5.74, 6) is 0. The molecule has 0 N–H and O–H groups in total. The fourth-order valence-corrected chi connectivity index (χ4v) is 1.12. The maximum Gasteiger partial charge on any atom is 0.436 e. The first-order valence-corrected chi connectivity index (χ1v) is 3.92. The molecule has 0 radical (unpaired) electrons. The highest BCUT2D eigenvalue weighted by Crippen LogP contribution is 2.36. The first-order valence-electron chi connectivity index (χ1n) is 3.92. The van der Waals surface area contributed by atoms with Crippen molar-refractivity contribution in [3.05, 3.63) is 35.9 Å². The fourth-order valence-electron chi connectivity index (χ4n) is 1.12. The lowest BCUT2D eigenvalue weighted by molar-refractivity contribution is 0.111. The van der Waals surface area contributed by atoms with Gasteiger partial charge in [-0.15, -0.1) is 5.06 Å². The zero-order valence-electron chi connectivity index (χ0n) is 7.14. The fraction of sp³-hybridized carbons (Fsp3) is 0.222. The second-order valence-corrected chi connectivity index (χ2v) is 2.66. The smallest absolute Gasteiger partial charge is 0.436 e. The van der Waals surface area contributed by atoms with Crippen molar-refractivity contribution >= 4 is 6.09 Å². The van der Waals surface area contributed by atoms with Crippen molar-refractivity contribution in [1.29, 1.82) is 0 Å². The third kappa shape index (κ3) is 1.48. The van der Waals surface area contributed by atoms with Crippen LogP contribution < -0.4 is 0 Å². The van der Waals surface area contributed by atoms with Gasteiger partial charge in [-0.25, -0.2) is 9.63 Å². The van der Waals surface area contributed by atoms with Crippen molar-refractivity contribution in [2.45, 2.75) is 6.23 Å². The molecule has 1 heterocycles. The molecule has 4 heteroatoms. The van der Waals surface area contributed by atoms with Gasteiger partial charge in [0, 0.05) is 5.56 Å². The molecule has 0 saturated carbocycles. The molecule has 68 valence electrons. The van der Waals surface area contributed by atoms with E-state index in [1.165, 1.54) is 12.2 Å². The number of carbonyl (C=O) groups is 1. The van der Waals surface area contributed by atoms with Crippen LogP contribution in [0.15, 0.2) is 30.3 Å². The molecule has 4 nitrogen and oxygen atoms in total. The number of rotatable bonds is 1. The van der Waals surface area contributed by atoms with E-state index in [0.717, 1.165) is 5.56 Å². The van der Waals surface area contributed by atoms with Crippen LogP contribution in [0.5, 0.6) is 0 Å². The minimum Gasteiger partial charge on any atom is -0.451 e. The summed E-state index contributed by atoms with van der Waals surface area (Å²) in [7, 11) is 1.33. The molecule has 1 unspecified atom stereocenters. The summed E-state index contributed by atoms with van der Waals surface area (Å²) in [6, 6.07) is 9.49. The van der Waals surface area contributed by atoms with E-state index in [2.05, 4.69) is 4.74 Å². The van der Waals surface area contributed by atoms with Crippen molar-refractivity contribution in [3.8, 4) is 0 Å². The molecule has 1 amide bonds.